The number of hydrogen-bond donors (Lipinski definition) is 1. The topological polar surface area (TPSA) is 86.1 Å². The highest BCUT2D eigenvalue weighted by molar-refractivity contribution is 7.92. The summed E-state index contributed by atoms with van der Waals surface area (Å²) >= 11 is 5.76. The number of sulfonamides is 1. The second-order valence-corrected chi connectivity index (χ2v) is 7.17. The van der Waals surface area contributed by atoms with Crippen molar-refractivity contribution >= 4 is 27.3 Å². The van der Waals surface area contributed by atoms with Gasteiger partial charge in [-0.25, -0.2) is 22.5 Å². The number of ether oxygens (including phenoxy) is 1. The van der Waals surface area contributed by atoms with E-state index in [-0.39, 0.29) is 27.0 Å². The smallest absolute Gasteiger partial charge is 0.387 e. The van der Waals surface area contributed by atoms with E-state index < -0.39 is 22.5 Å². The number of nitrogens with zero attached hydrogens (tertiary/aromatic N) is 3. The molecule has 0 aliphatic rings. The van der Waals surface area contributed by atoms with E-state index in [1.165, 1.54) is 29.5 Å². The molecule has 1 N–H and O–H groups in total. The van der Waals surface area contributed by atoms with Crippen LogP contribution in [0.15, 0.2) is 53.9 Å². The van der Waals surface area contributed by atoms with E-state index in [0.717, 1.165) is 24.3 Å². The van der Waals surface area contributed by atoms with E-state index in [9.17, 15) is 21.6 Å². The molecule has 3 rings (SSSR count). The third-order valence-electron chi connectivity index (χ3n) is 3.30. The van der Waals surface area contributed by atoms with Crippen LogP contribution in [0.3, 0.4) is 0 Å². The molecule has 0 atom stereocenters. The quantitative estimate of drug-likeness (QED) is 0.662. The van der Waals surface area contributed by atoms with Gasteiger partial charge < -0.3 is 4.74 Å². The van der Waals surface area contributed by atoms with E-state index in [1.54, 1.807) is 0 Å². The highest BCUT2D eigenvalue weighted by Crippen LogP contribution is 2.29. The third kappa shape index (κ3) is 4.31. The number of benzene rings is 2. The molecule has 0 saturated carbocycles. The van der Waals surface area contributed by atoms with Crippen LogP contribution >= 0.6 is 11.6 Å². The van der Waals surface area contributed by atoms with E-state index >= 15 is 0 Å². The molecule has 142 valence electrons. The van der Waals surface area contributed by atoms with Crippen molar-refractivity contribution in [2.45, 2.75) is 11.5 Å². The predicted molar refractivity (Wildman–Crippen MR) is 90.2 cm³/mol. The molecule has 1 aromatic heterocycles. The van der Waals surface area contributed by atoms with Crippen LogP contribution < -0.4 is 9.46 Å². The average Bonchev–Trinajstić information content (AvgIpc) is 3.10. The fourth-order valence-corrected chi connectivity index (χ4v) is 3.51. The molecule has 0 fully saturated rings. The number of rotatable bonds is 6. The summed E-state index contributed by atoms with van der Waals surface area (Å²) in [5.41, 5.74) is 0.0207. The molecule has 0 spiro atoms. The van der Waals surface area contributed by atoms with Gasteiger partial charge in [0.05, 0.1) is 15.6 Å². The lowest BCUT2D eigenvalue weighted by Crippen LogP contribution is -2.13. The van der Waals surface area contributed by atoms with Gasteiger partial charge in [-0.15, -0.1) is 0 Å². The highest BCUT2D eigenvalue weighted by atomic mass is 35.5. The third-order valence-corrected chi connectivity index (χ3v) is 4.97. The maximum atomic E-state index is 14.2. The number of alkyl halides is 2. The van der Waals surface area contributed by atoms with Crippen LogP contribution in [0.2, 0.25) is 5.02 Å². The lowest BCUT2D eigenvalue weighted by Gasteiger charge is -2.11. The first-order valence-corrected chi connectivity index (χ1v) is 9.04. The summed E-state index contributed by atoms with van der Waals surface area (Å²) in [6.45, 7) is -3.10. The first-order valence-electron chi connectivity index (χ1n) is 7.18. The molecule has 0 amide bonds. The van der Waals surface area contributed by atoms with Crippen molar-refractivity contribution in [3.05, 3.63) is 59.9 Å². The fourth-order valence-electron chi connectivity index (χ4n) is 2.14. The van der Waals surface area contributed by atoms with Crippen molar-refractivity contribution in [3.63, 3.8) is 0 Å². The van der Waals surface area contributed by atoms with Crippen molar-refractivity contribution in [1.29, 1.82) is 0 Å². The highest BCUT2D eigenvalue weighted by Gasteiger charge is 2.18. The molecule has 27 heavy (non-hydrogen) atoms. The summed E-state index contributed by atoms with van der Waals surface area (Å²) in [5, 5.41) is 3.47. The van der Waals surface area contributed by atoms with Gasteiger partial charge in [-0.1, -0.05) is 11.6 Å². The van der Waals surface area contributed by atoms with Gasteiger partial charge in [0.2, 0.25) is 0 Å². The Morgan fingerprint density at radius 3 is 2.56 bits per heavy atom. The largest absolute Gasteiger partial charge is 0.433 e. The van der Waals surface area contributed by atoms with Crippen LogP contribution in [0.4, 0.5) is 18.9 Å². The Morgan fingerprint density at radius 1 is 1.19 bits per heavy atom. The second kappa shape index (κ2) is 7.45. The number of nitrogens with one attached hydrogen (secondary N) is 1. The Morgan fingerprint density at radius 2 is 1.96 bits per heavy atom. The number of hydrogen-bond acceptors (Lipinski definition) is 5. The van der Waals surface area contributed by atoms with Crippen LogP contribution in [0.1, 0.15) is 0 Å². The monoisotopic (exact) mass is 418 g/mol. The zero-order valence-corrected chi connectivity index (χ0v) is 14.8. The lowest BCUT2D eigenvalue weighted by atomic mass is 10.3. The fraction of sp³-hybridized carbons (Fsp3) is 0.0667. The van der Waals surface area contributed by atoms with Crippen molar-refractivity contribution in [3.8, 4) is 11.4 Å². The molecule has 0 saturated heterocycles. The molecule has 0 radical (unpaired) electrons. The Kier molecular flexibility index (Phi) is 5.24. The van der Waals surface area contributed by atoms with Gasteiger partial charge >= 0.3 is 6.61 Å². The summed E-state index contributed by atoms with van der Waals surface area (Å²) < 4.78 is 71.0. The van der Waals surface area contributed by atoms with Gasteiger partial charge in [-0.2, -0.15) is 13.9 Å². The molecule has 1 heterocycles. The minimum absolute atomic E-state index is 0.0552. The second-order valence-electron chi connectivity index (χ2n) is 5.08. The molecule has 0 unspecified atom stereocenters. The first kappa shape index (κ1) is 19.0. The summed E-state index contributed by atoms with van der Waals surface area (Å²) in [6.07, 6.45) is 2.51. The van der Waals surface area contributed by atoms with Crippen molar-refractivity contribution in [2.24, 2.45) is 0 Å². The molecule has 0 aliphatic carbocycles. The van der Waals surface area contributed by atoms with E-state index in [2.05, 4.69) is 19.5 Å². The summed E-state index contributed by atoms with van der Waals surface area (Å²) in [6, 6.07) is 6.58. The molecule has 0 bridgehead atoms. The standard InChI is InChI=1S/C15H10ClF3N4O3S/c16-11-6-10(2-4-14(11)26-15(18)19)27(24,25)22-9-1-3-13(12(17)5-9)23-8-20-7-21-23/h1-8,15,22H. The molecular weight excluding hydrogens is 409 g/mol. The van der Waals surface area contributed by atoms with Gasteiger partial charge in [0, 0.05) is 6.07 Å². The molecule has 0 aliphatic heterocycles. The SMILES string of the molecule is O=S(=O)(Nc1ccc(-n2cncn2)c(F)c1)c1ccc(OC(F)F)c(Cl)c1. The van der Waals surface area contributed by atoms with E-state index in [4.69, 9.17) is 11.6 Å². The zero-order valence-electron chi connectivity index (χ0n) is 13.2. The van der Waals surface area contributed by atoms with Crippen LogP contribution in [0.25, 0.3) is 5.69 Å². The van der Waals surface area contributed by atoms with Crippen molar-refractivity contribution in [2.75, 3.05) is 4.72 Å². The lowest BCUT2D eigenvalue weighted by molar-refractivity contribution is -0.0498. The van der Waals surface area contributed by atoms with Crippen LogP contribution in [0, 0.1) is 5.82 Å². The van der Waals surface area contributed by atoms with Crippen LogP contribution in [-0.2, 0) is 10.0 Å². The summed E-state index contributed by atoms with van der Waals surface area (Å²) in [5.74, 6) is -1.10. The van der Waals surface area contributed by atoms with Crippen molar-refractivity contribution in [1.82, 2.24) is 14.8 Å². The zero-order chi connectivity index (χ0) is 19.6. The van der Waals surface area contributed by atoms with Crippen molar-refractivity contribution < 1.29 is 26.3 Å². The molecular formula is C15H10ClF3N4O3S. The predicted octanol–water partition coefficient (Wildman–Crippen LogP) is 3.46. The van der Waals surface area contributed by atoms with Gasteiger partial charge in [0.1, 0.15) is 24.1 Å². The first-order chi connectivity index (χ1) is 12.8. The number of anilines is 1. The Hall–Kier alpha value is -2.79. The maximum Gasteiger partial charge on any atom is 0.387 e. The van der Waals surface area contributed by atoms with Gasteiger partial charge in [-0.05, 0) is 30.3 Å². The van der Waals surface area contributed by atoms with Crippen LogP contribution in [0.5, 0.6) is 5.75 Å². The normalized spacial score (nSPS) is 11.6. The van der Waals surface area contributed by atoms with Gasteiger partial charge in [0.25, 0.3) is 10.0 Å². The molecule has 2 aromatic carbocycles. The average molecular weight is 419 g/mol. The molecule has 12 heteroatoms. The van der Waals surface area contributed by atoms with Gasteiger partial charge in [-0.3, -0.25) is 4.72 Å². The van der Waals surface area contributed by atoms with E-state index in [0.29, 0.717) is 0 Å². The molecule has 7 nitrogen and oxygen atoms in total. The Labute approximate surface area is 156 Å². The number of halogens is 4. The van der Waals surface area contributed by atoms with Gasteiger partial charge in [0.15, 0.2) is 5.82 Å². The molecule has 3 aromatic rings. The number of aromatic nitrogens is 3. The van der Waals surface area contributed by atoms with E-state index in [1.807, 2.05) is 0 Å². The Bertz CT molecular complexity index is 1060. The minimum Gasteiger partial charge on any atom is -0.433 e. The summed E-state index contributed by atoms with van der Waals surface area (Å²) in [7, 11) is -4.14. The maximum absolute atomic E-state index is 14.2. The minimum atomic E-state index is -4.14. The Balaban J connectivity index is 1.84. The summed E-state index contributed by atoms with van der Waals surface area (Å²) in [4.78, 5) is 3.39. The van der Waals surface area contributed by atoms with Crippen LogP contribution in [-0.4, -0.2) is 29.8 Å².